The maximum Gasteiger partial charge on any atom is 0.234 e. The largest absolute Gasteiger partial charge is 0.325 e. The molecular weight excluding hydrogens is 298 g/mol. The smallest absolute Gasteiger partial charge is 0.234 e. The van der Waals surface area contributed by atoms with E-state index in [1.807, 2.05) is 48.5 Å². The first-order valence-electron chi connectivity index (χ1n) is 6.62. The number of thioether (sulfide) groups is 1. The fourth-order valence-electron chi connectivity index (χ4n) is 1.82. The molecule has 0 bridgehead atoms. The Morgan fingerprint density at radius 1 is 1.14 bits per heavy atom. The van der Waals surface area contributed by atoms with Crippen molar-refractivity contribution in [3.8, 4) is 5.82 Å². The Morgan fingerprint density at radius 3 is 2.73 bits per heavy atom. The van der Waals surface area contributed by atoms with Gasteiger partial charge in [0.25, 0.3) is 0 Å². The first kappa shape index (κ1) is 14.3. The molecule has 0 saturated carbocycles. The molecule has 3 rings (SSSR count). The van der Waals surface area contributed by atoms with E-state index >= 15 is 0 Å². The number of pyridine rings is 1. The van der Waals surface area contributed by atoms with Gasteiger partial charge in [-0.2, -0.15) is 0 Å². The standard InChI is InChI=1S/C15H13N5OS/c21-14(18-12-6-2-1-3-7-12)10-22-15-19-17-11-20(15)13-8-4-5-9-16-13/h1-9,11H,10H2,(H,18,21). The van der Waals surface area contributed by atoms with Gasteiger partial charge in [0.15, 0.2) is 5.16 Å². The summed E-state index contributed by atoms with van der Waals surface area (Å²) in [5, 5.41) is 11.4. The molecule has 0 aliphatic rings. The summed E-state index contributed by atoms with van der Waals surface area (Å²) < 4.78 is 1.75. The average molecular weight is 311 g/mol. The van der Waals surface area contributed by atoms with Crippen molar-refractivity contribution >= 4 is 23.4 Å². The van der Waals surface area contributed by atoms with Crippen molar-refractivity contribution < 1.29 is 4.79 Å². The van der Waals surface area contributed by atoms with Gasteiger partial charge in [0.05, 0.1) is 5.75 Å². The van der Waals surface area contributed by atoms with Crippen molar-refractivity contribution in [3.63, 3.8) is 0 Å². The highest BCUT2D eigenvalue weighted by Crippen LogP contribution is 2.18. The number of aromatic nitrogens is 4. The molecule has 110 valence electrons. The van der Waals surface area contributed by atoms with Crippen LogP contribution in [0.15, 0.2) is 66.2 Å². The topological polar surface area (TPSA) is 72.7 Å². The Kier molecular flexibility index (Phi) is 4.45. The Bertz CT molecular complexity index is 745. The van der Waals surface area contributed by atoms with Gasteiger partial charge in [0.2, 0.25) is 5.91 Å². The van der Waals surface area contributed by atoms with E-state index in [9.17, 15) is 4.79 Å². The van der Waals surface area contributed by atoms with Gasteiger partial charge >= 0.3 is 0 Å². The van der Waals surface area contributed by atoms with Crippen molar-refractivity contribution in [1.82, 2.24) is 19.7 Å². The number of benzene rings is 1. The zero-order valence-corrected chi connectivity index (χ0v) is 12.4. The average Bonchev–Trinajstić information content (AvgIpc) is 3.03. The second-order valence-corrected chi connectivity index (χ2v) is 5.32. The van der Waals surface area contributed by atoms with Crippen molar-refractivity contribution in [2.24, 2.45) is 0 Å². The first-order valence-corrected chi connectivity index (χ1v) is 7.60. The third-order valence-electron chi connectivity index (χ3n) is 2.80. The minimum Gasteiger partial charge on any atom is -0.325 e. The van der Waals surface area contributed by atoms with E-state index < -0.39 is 0 Å². The molecule has 0 saturated heterocycles. The number of anilines is 1. The van der Waals surface area contributed by atoms with Crippen LogP contribution in [-0.4, -0.2) is 31.4 Å². The van der Waals surface area contributed by atoms with Gasteiger partial charge in [-0.15, -0.1) is 10.2 Å². The molecule has 0 unspecified atom stereocenters. The summed E-state index contributed by atoms with van der Waals surface area (Å²) in [6.45, 7) is 0. The van der Waals surface area contributed by atoms with E-state index in [2.05, 4.69) is 20.5 Å². The summed E-state index contributed by atoms with van der Waals surface area (Å²) in [6.07, 6.45) is 3.28. The SMILES string of the molecule is O=C(CSc1nncn1-c1ccccn1)Nc1ccccc1. The van der Waals surface area contributed by atoms with Crippen LogP contribution in [0.3, 0.4) is 0 Å². The molecule has 1 aromatic carbocycles. The van der Waals surface area contributed by atoms with Crippen LogP contribution >= 0.6 is 11.8 Å². The molecule has 22 heavy (non-hydrogen) atoms. The molecule has 6 nitrogen and oxygen atoms in total. The second kappa shape index (κ2) is 6.86. The highest BCUT2D eigenvalue weighted by atomic mass is 32.2. The fourth-order valence-corrected chi connectivity index (χ4v) is 2.54. The Balaban J connectivity index is 1.63. The Labute approximate surface area is 131 Å². The van der Waals surface area contributed by atoms with E-state index in [0.717, 1.165) is 11.5 Å². The molecule has 2 heterocycles. The second-order valence-electron chi connectivity index (χ2n) is 4.37. The summed E-state index contributed by atoms with van der Waals surface area (Å²) in [4.78, 5) is 16.2. The molecule has 0 fully saturated rings. The molecule has 0 spiro atoms. The molecular formula is C15H13N5OS. The van der Waals surface area contributed by atoms with Crippen molar-refractivity contribution in [3.05, 3.63) is 61.1 Å². The Morgan fingerprint density at radius 2 is 1.95 bits per heavy atom. The van der Waals surface area contributed by atoms with Crippen LogP contribution in [0.5, 0.6) is 0 Å². The summed E-state index contributed by atoms with van der Waals surface area (Å²) in [6, 6.07) is 14.9. The lowest BCUT2D eigenvalue weighted by Gasteiger charge is -2.06. The number of nitrogens with zero attached hydrogens (tertiary/aromatic N) is 4. The Hall–Kier alpha value is -2.67. The van der Waals surface area contributed by atoms with Crippen LogP contribution in [0.25, 0.3) is 5.82 Å². The van der Waals surface area contributed by atoms with Gasteiger partial charge in [-0.3, -0.25) is 9.36 Å². The lowest BCUT2D eigenvalue weighted by atomic mass is 10.3. The molecule has 0 aliphatic carbocycles. The van der Waals surface area contributed by atoms with E-state index in [-0.39, 0.29) is 11.7 Å². The summed E-state index contributed by atoms with van der Waals surface area (Å²) in [7, 11) is 0. The van der Waals surface area contributed by atoms with E-state index in [1.165, 1.54) is 11.8 Å². The first-order chi connectivity index (χ1) is 10.8. The third kappa shape index (κ3) is 3.50. The maximum absolute atomic E-state index is 12.0. The number of carbonyl (C=O) groups excluding carboxylic acids is 1. The van der Waals surface area contributed by atoms with Gasteiger partial charge in [-0.1, -0.05) is 36.0 Å². The van der Waals surface area contributed by atoms with Crippen LogP contribution in [0.1, 0.15) is 0 Å². The number of carbonyl (C=O) groups is 1. The molecule has 1 N–H and O–H groups in total. The molecule has 0 atom stereocenters. The van der Waals surface area contributed by atoms with Gasteiger partial charge in [0.1, 0.15) is 12.1 Å². The number of hydrogen-bond acceptors (Lipinski definition) is 5. The number of rotatable bonds is 5. The number of hydrogen-bond donors (Lipinski definition) is 1. The van der Waals surface area contributed by atoms with Gasteiger partial charge in [-0.25, -0.2) is 4.98 Å². The van der Waals surface area contributed by atoms with Gasteiger partial charge in [0, 0.05) is 11.9 Å². The molecule has 2 aromatic heterocycles. The number of nitrogens with one attached hydrogen (secondary N) is 1. The molecule has 0 radical (unpaired) electrons. The minimum atomic E-state index is -0.0910. The normalized spacial score (nSPS) is 10.4. The quantitative estimate of drug-likeness (QED) is 0.732. The monoisotopic (exact) mass is 311 g/mol. The van der Waals surface area contributed by atoms with Crippen LogP contribution < -0.4 is 5.32 Å². The summed E-state index contributed by atoms with van der Waals surface area (Å²) >= 11 is 1.31. The predicted molar refractivity (Wildman–Crippen MR) is 84.9 cm³/mol. The lowest BCUT2D eigenvalue weighted by Crippen LogP contribution is -2.14. The lowest BCUT2D eigenvalue weighted by molar-refractivity contribution is -0.113. The predicted octanol–water partition coefficient (Wildman–Crippen LogP) is 2.39. The fraction of sp³-hybridized carbons (Fsp3) is 0.0667. The van der Waals surface area contributed by atoms with Crippen molar-refractivity contribution in [2.75, 3.05) is 11.1 Å². The van der Waals surface area contributed by atoms with Crippen molar-refractivity contribution in [1.29, 1.82) is 0 Å². The molecule has 1 amide bonds. The number of para-hydroxylation sites is 1. The molecule has 3 aromatic rings. The van der Waals surface area contributed by atoms with E-state index in [0.29, 0.717) is 5.16 Å². The highest BCUT2D eigenvalue weighted by molar-refractivity contribution is 7.99. The third-order valence-corrected chi connectivity index (χ3v) is 3.75. The molecule has 7 heteroatoms. The number of amides is 1. The summed E-state index contributed by atoms with van der Waals surface area (Å²) in [5.41, 5.74) is 0.777. The van der Waals surface area contributed by atoms with E-state index in [4.69, 9.17) is 0 Å². The zero-order valence-electron chi connectivity index (χ0n) is 11.6. The van der Waals surface area contributed by atoms with Gasteiger partial charge < -0.3 is 5.32 Å². The van der Waals surface area contributed by atoms with Crippen LogP contribution in [0.4, 0.5) is 5.69 Å². The van der Waals surface area contributed by atoms with Gasteiger partial charge in [-0.05, 0) is 24.3 Å². The highest BCUT2D eigenvalue weighted by Gasteiger charge is 2.10. The maximum atomic E-state index is 12.0. The van der Waals surface area contributed by atoms with Crippen LogP contribution in [-0.2, 0) is 4.79 Å². The van der Waals surface area contributed by atoms with E-state index in [1.54, 1.807) is 17.1 Å². The van der Waals surface area contributed by atoms with Crippen molar-refractivity contribution in [2.45, 2.75) is 5.16 Å². The van der Waals surface area contributed by atoms with Crippen LogP contribution in [0.2, 0.25) is 0 Å². The van der Waals surface area contributed by atoms with Crippen LogP contribution in [0, 0.1) is 0 Å². The zero-order chi connectivity index (χ0) is 15.2. The minimum absolute atomic E-state index is 0.0910. The molecule has 0 aliphatic heterocycles. The summed E-state index contributed by atoms with van der Waals surface area (Å²) in [5.74, 6) is 0.880.